The first kappa shape index (κ1) is 18.3. The highest BCUT2D eigenvalue weighted by atomic mass is 35.5. The second-order valence-corrected chi connectivity index (χ2v) is 6.14. The Morgan fingerprint density at radius 2 is 1.83 bits per heavy atom. The molecule has 0 heterocycles. The maximum atomic E-state index is 11.6. The molecule has 3 nitrogen and oxygen atoms in total. The van der Waals surface area contributed by atoms with Crippen molar-refractivity contribution in [1.82, 2.24) is 0 Å². The van der Waals surface area contributed by atoms with Gasteiger partial charge in [-0.2, -0.15) is 0 Å². The number of hydrogen-bond acceptors (Lipinski definition) is 3. The molecule has 2 aromatic carbocycles. The molecule has 0 unspecified atom stereocenters. The Hall–Kier alpha value is -2.00. The smallest absolute Gasteiger partial charge is 0.310 e. The SMILES string of the molecule is CCC(=O)Oc1cccc(C)c1COc1cc(C)c(CC)cc1Cl. The third kappa shape index (κ3) is 4.30. The molecule has 4 heteroatoms. The van der Waals surface area contributed by atoms with Gasteiger partial charge in [-0.3, -0.25) is 4.79 Å². The second kappa shape index (κ2) is 8.20. The van der Waals surface area contributed by atoms with Crippen molar-refractivity contribution in [3.05, 3.63) is 57.6 Å². The molecule has 0 spiro atoms. The molecule has 0 radical (unpaired) electrons. The minimum Gasteiger partial charge on any atom is -0.487 e. The Balaban J connectivity index is 2.23. The van der Waals surface area contributed by atoms with Crippen LogP contribution in [-0.4, -0.2) is 5.97 Å². The Bertz CT molecular complexity index is 738. The van der Waals surface area contributed by atoms with E-state index in [1.807, 2.05) is 38.1 Å². The predicted molar refractivity (Wildman–Crippen MR) is 97.0 cm³/mol. The maximum absolute atomic E-state index is 11.6. The van der Waals surface area contributed by atoms with Crippen molar-refractivity contribution in [3.8, 4) is 11.5 Å². The molecular weight excluding hydrogens is 324 g/mol. The number of esters is 1. The van der Waals surface area contributed by atoms with Crippen LogP contribution in [0.15, 0.2) is 30.3 Å². The van der Waals surface area contributed by atoms with E-state index in [1.165, 1.54) is 5.56 Å². The highest BCUT2D eigenvalue weighted by Gasteiger charge is 2.13. The first-order chi connectivity index (χ1) is 11.5. The molecule has 0 aliphatic heterocycles. The van der Waals surface area contributed by atoms with E-state index >= 15 is 0 Å². The number of benzene rings is 2. The van der Waals surface area contributed by atoms with Crippen LogP contribution in [0.5, 0.6) is 11.5 Å². The number of hydrogen-bond donors (Lipinski definition) is 0. The number of aryl methyl sites for hydroxylation is 3. The molecule has 24 heavy (non-hydrogen) atoms. The Morgan fingerprint density at radius 1 is 1.08 bits per heavy atom. The van der Waals surface area contributed by atoms with Crippen LogP contribution >= 0.6 is 11.6 Å². The van der Waals surface area contributed by atoms with E-state index in [4.69, 9.17) is 21.1 Å². The molecule has 0 aromatic heterocycles. The molecule has 0 fully saturated rings. The zero-order chi connectivity index (χ0) is 17.7. The van der Waals surface area contributed by atoms with Gasteiger partial charge in [0.25, 0.3) is 0 Å². The molecule has 2 rings (SSSR count). The number of ether oxygens (including phenoxy) is 2. The van der Waals surface area contributed by atoms with Crippen molar-refractivity contribution >= 4 is 17.6 Å². The van der Waals surface area contributed by atoms with Gasteiger partial charge in [-0.15, -0.1) is 0 Å². The lowest BCUT2D eigenvalue weighted by Gasteiger charge is -2.15. The second-order valence-electron chi connectivity index (χ2n) is 5.73. The van der Waals surface area contributed by atoms with Gasteiger partial charge in [0.1, 0.15) is 18.1 Å². The van der Waals surface area contributed by atoms with Gasteiger partial charge in [-0.1, -0.05) is 37.6 Å². The molecule has 128 valence electrons. The number of rotatable bonds is 6. The van der Waals surface area contributed by atoms with Gasteiger partial charge in [0.15, 0.2) is 0 Å². The average Bonchev–Trinajstić information content (AvgIpc) is 2.56. The highest BCUT2D eigenvalue weighted by molar-refractivity contribution is 6.32. The lowest BCUT2D eigenvalue weighted by atomic mass is 10.1. The number of carbonyl (C=O) groups is 1. The standard InChI is InChI=1S/C20H23ClO3/c1-5-15-11-17(21)19(10-14(15)4)23-12-16-13(3)8-7-9-18(16)24-20(22)6-2/h7-11H,5-6,12H2,1-4H3. The maximum Gasteiger partial charge on any atom is 0.310 e. The van der Waals surface area contributed by atoms with Crippen LogP contribution in [0.4, 0.5) is 0 Å². The van der Waals surface area contributed by atoms with Crippen molar-refractivity contribution in [2.24, 2.45) is 0 Å². The van der Waals surface area contributed by atoms with Crippen molar-refractivity contribution in [1.29, 1.82) is 0 Å². The monoisotopic (exact) mass is 346 g/mol. The van der Waals surface area contributed by atoms with E-state index in [0.29, 0.717) is 29.5 Å². The van der Waals surface area contributed by atoms with Gasteiger partial charge < -0.3 is 9.47 Å². The van der Waals surface area contributed by atoms with Gasteiger partial charge in [0, 0.05) is 12.0 Å². The zero-order valence-electron chi connectivity index (χ0n) is 14.6. The molecule has 0 saturated heterocycles. The Kier molecular flexibility index (Phi) is 6.27. The quantitative estimate of drug-likeness (QED) is 0.518. The Morgan fingerprint density at radius 3 is 2.50 bits per heavy atom. The van der Waals surface area contributed by atoms with Crippen LogP contribution in [0.2, 0.25) is 5.02 Å². The van der Waals surface area contributed by atoms with Crippen LogP contribution in [0, 0.1) is 13.8 Å². The lowest BCUT2D eigenvalue weighted by Crippen LogP contribution is -2.09. The molecule has 0 amide bonds. The zero-order valence-corrected chi connectivity index (χ0v) is 15.4. The van der Waals surface area contributed by atoms with Gasteiger partial charge in [-0.25, -0.2) is 0 Å². The number of halogens is 1. The fraction of sp³-hybridized carbons (Fsp3) is 0.350. The van der Waals surface area contributed by atoms with Gasteiger partial charge in [0.2, 0.25) is 0 Å². The summed E-state index contributed by atoms with van der Waals surface area (Å²) in [5.41, 5.74) is 4.22. The van der Waals surface area contributed by atoms with E-state index in [1.54, 1.807) is 13.0 Å². The first-order valence-corrected chi connectivity index (χ1v) is 8.55. The van der Waals surface area contributed by atoms with Crippen molar-refractivity contribution in [2.75, 3.05) is 0 Å². The fourth-order valence-electron chi connectivity index (χ4n) is 2.49. The van der Waals surface area contributed by atoms with Crippen molar-refractivity contribution in [3.63, 3.8) is 0 Å². The largest absolute Gasteiger partial charge is 0.487 e. The van der Waals surface area contributed by atoms with Crippen LogP contribution in [0.3, 0.4) is 0 Å². The molecule has 0 saturated carbocycles. The van der Waals surface area contributed by atoms with E-state index in [2.05, 4.69) is 6.92 Å². The molecule has 0 aliphatic rings. The first-order valence-electron chi connectivity index (χ1n) is 8.17. The molecule has 0 atom stereocenters. The van der Waals surface area contributed by atoms with E-state index in [9.17, 15) is 4.79 Å². The molecule has 0 bridgehead atoms. The summed E-state index contributed by atoms with van der Waals surface area (Å²) in [5, 5.41) is 0.595. The van der Waals surface area contributed by atoms with E-state index in [0.717, 1.165) is 23.1 Å². The van der Waals surface area contributed by atoms with Crippen molar-refractivity contribution < 1.29 is 14.3 Å². The van der Waals surface area contributed by atoms with Crippen LogP contribution < -0.4 is 9.47 Å². The summed E-state index contributed by atoms with van der Waals surface area (Å²) < 4.78 is 11.3. The van der Waals surface area contributed by atoms with Gasteiger partial charge >= 0.3 is 5.97 Å². The van der Waals surface area contributed by atoms with Gasteiger partial charge in [-0.05, 0) is 55.2 Å². The van der Waals surface area contributed by atoms with Crippen molar-refractivity contribution in [2.45, 2.75) is 47.1 Å². The third-order valence-corrected chi connectivity index (χ3v) is 4.32. The molecule has 0 aliphatic carbocycles. The van der Waals surface area contributed by atoms with E-state index < -0.39 is 0 Å². The third-order valence-electron chi connectivity index (χ3n) is 4.02. The predicted octanol–water partition coefficient (Wildman–Crippen LogP) is 5.41. The average molecular weight is 347 g/mol. The van der Waals surface area contributed by atoms with Gasteiger partial charge in [0.05, 0.1) is 5.02 Å². The lowest BCUT2D eigenvalue weighted by molar-refractivity contribution is -0.134. The summed E-state index contributed by atoms with van der Waals surface area (Å²) in [6, 6.07) is 9.52. The fourth-order valence-corrected chi connectivity index (χ4v) is 2.73. The summed E-state index contributed by atoms with van der Waals surface area (Å²) >= 11 is 6.32. The molecule has 0 N–H and O–H groups in total. The summed E-state index contributed by atoms with van der Waals surface area (Å²) in [7, 11) is 0. The Labute approximate surface area is 148 Å². The molecule has 2 aromatic rings. The minimum atomic E-state index is -0.261. The molecular formula is C20H23ClO3. The highest BCUT2D eigenvalue weighted by Crippen LogP contribution is 2.31. The normalized spacial score (nSPS) is 10.5. The summed E-state index contributed by atoms with van der Waals surface area (Å²) in [6.45, 7) is 8.18. The van der Waals surface area contributed by atoms with Crippen LogP contribution in [0.1, 0.15) is 42.5 Å². The topological polar surface area (TPSA) is 35.5 Å². The summed E-state index contributed by atoms with van der Waals surface area (Å²) in [5.74, 6) is 0.922. The summed E-state index contributed by atoms with van der Waals surface area (Å²) in [4.78, 5) is 11.6. The summed E-state index contributed by atoms with van der Waals surface area (Å²) in [6.07, 6.45) is 1.26. The van der Waals surface area contributed by atoms with Crippen LogP contribution in [0.25, 0.3) is 0 Å². The number of carbonyl (C=O) groups excluding carboxylic acids is 1. The van der Waals surface area contributed by atoms with E-state index in [-0.39, 0.29) is 5.97 Å². The van der Waals surface area contributed by atoms with Crippen LogP contribution in [-0.2, 0) is 17.8 Å². The minimum absolute atomic E-state index is 0.261.